The average molecular weight is 405 g/mol. The number of amides is 1. The number of rotatable bonds is 4. The molecule has 0 spiro atoms. The van der Waals surface area contributed by atoms with E-state index in [9.17, 15) is 9.18 Å². The van der Waals surface area contributed by atoms with E-state index in [0.717, 1.165) is 0 Å². The number of benzene rings is 2. The molecule has 1 atom stereocenters. The van der Waals surface area contributed by atoms with Crippen LogP contribution in [0.25, 0.3) is 16.9 Å². The monoisotopic (exact) mass is 405 g/mol. The van der Waals surface area contributed by atoms with Crippen molar-refractivity contribution in [2.24, 2.45) is 0 Å². The average Bonchev–Trinajstić information content (AvgIpc) is 3.39. The summed E-state index contributed by atoms with van der Waals surface area (Å²) in [6.07, 6.45) is 1.47. The van der Waals surface area contributed by atoms with Crippen molar-refractivity contribution >= 4 is 11.6 Å². The van der Waals surface area contributed by atoms with Crippen molar-refractivity contribution in [2.45, 2.75) is 13.0 Å². The van der Waals surface area contributed by atoms with Gasteiger partial charge in [0, 0.05) is 17.2 Å². The van der Waals surface area contributed by atoms with Crippen LogP contribution in [0.15, 0.2) is 54.9 Å². The van der Waals surface area contributed by atoms with Gasteiger partial charge in [0.05, 0.1) is 11.7 Å². The quantitative estimate of drug-likeness (QED) is 0.561. The van der Waals surface area contributed by atoms with Gasteiger partial charge in [-0.25, -0.2) is 18.9 Å². The summed E-state index contributed by atoms with van der Waals surface area (Å²) in [5, 5.41) is 7.23. The van der Waals surface area contributed by atoms with E-state index in [4.69, 9.17) is 9.47 Å². The minimum absolute atomic E-state index is 0.144. The van der Waals surface area contributed by atoms with Crippen LogP contribution in [0.5, 0.6) is 11.5 Å². The molecule has 30 heavy (non-hydrogen) atoms. The minimum Gasteiger partial charge on any atom is -0.454 e. The summed E-state index contributed by atoms with van der Waals surface area (Å²) in [5.41, 5.74) is 1.78. The number of ether oxygens (including phenoxy) is 2. The Balaban J connectivity index is 1.38. The van der Waals surface area contributed by atoms with E-state index in [0.29, 0.717) is 39.8 Å². The van der Waals surface area contributed by atoms with Crippen molar-refractivity contribution in [2.75, 3.05) is 6.79 Å². The third kappa shape index (κ3) is 3.20. The molecule has 0 radical (unpaired) electrons. The Kier molecular flexibility index (Phi) is 4.27. The van der Waals surface area contributed by atoms with Gasteiger partial charge in [0.1, 0.15) is 12.1 Å². The lowest BCUT2D eigenvalue weighted by atomic mass is 10.1. The van der Waals surface area contributed by atoms with Gasteiger partial charge < -0.3 is 14.8 Å². The molecule has 1 aliphatic rings. The number of halogens is 1. The van der Waals surface area contributed by atoms with Gasteiger partial charge in [0.25, 0.3) is 5.91 Å². The van der Waals surface area contributed by atoms with Crippen LogP contribution in [0.4, 0.5) is 4.39 Å². The maximum Gasteiger partial charge on any atom is 0.252 e. The molecule has 150 valence electrons. The number of nitrogens with zero attached hydrogens (tertiary/aromatic N) is 4. The number of nitrogens with one attached hydrogen (secondary N) is 1. The van der Waals surface area contributed by atoms with Crippen LogP contribution in [-0.4, -0.2) is 32.3 Å². The first-order valence-electron chi connectivity index (χ1n) is 9.26. The van der Waals surface area contributed by atoms with Gasteiger partial charge in [-0.1, -0.05) is 12.1 Å². The molecule has 0 aliphatic carbocycles. The van der Waals surface area contributed by atoms with E-state index in [1.807, 2.05) is 0 Å². The summed E-state index contributed by atoms with van der Waals surface area (Å²) in [4.78, 5) is 21.3. The fraction of sp³-hybridized carbons (Fsp3) is 0.143. The first-order valence-corrected chi connectivity index (χ1v) is 9.26. The van der Waals surface area contributed by atoms with Crippen LogP contribution in [0.2, 0.25) is 0 Å². The van der Waals surface area contributed by atoms with Crippen LogP contribution < -0.4 is 14.8 Å². The van der Waals surface area contributed by atoms with Crippen molar-refractivity contribution in [3.63, 3.8) is 0 Å². The number of aromatic nitrogens is 4. The highest BCUT2D eigenvalue weighted by Gasteiger charge is 2.20. The summed E-state index contributed by atoms with van der Waals surface area (Å²) in [5.74, 6) is 0.910. The molecule has 8 nitrogen and oxygen atoms in total. The Labute approximate surface area is 170 Å². The first kappa shape index (κ1) is 18.0. The highest BCUT2D eigenvalue weighted by Crippen LogP contribution is 2.32. The molecule has 3 heterocycles. The number of hydrogen-bond acceptors (Lipinski definition) is 6. The standard InChI is InChI=1S/C21H16FN5O3/c1-12(24-21(28)13-6-7-17-18(8-13)30-11-29-17)20-25-19-9-16(23-10-27(19)26-20)14-4-2-3-5-15(14)22/h2-10,12H,11H2,1H3,(H,24,28)/t12-/m0/s1. The molecule has 0 fully saturated rings. The molecule has 1 amide bonds. The molecule has 0 saturated carbocycles. The van der Waals surface area contributed by atoms with Crippen LogP contribution >= 0.6 is 0 Å². The molecule has 1 aliphatic heterocycles. The Morgan fingerprint density at radius 1 is 1.17 bits per heavy atom. The van der Waals surface area contributed by atoms with Crippen molar-refractivity contribution < 1.29 is 18.7 Å². The second-order valence-electron chi connectivity index (χ2n) is 6.79. The zero-order valence-corrected chi connectivity index (χ0v) is 15.9. The van der Waals surface area contributed by atoms with Gasteiger partial charge >= 0.3 is 0 Å². The third-order valence-electron chi connectivity index (χ3n) is 4.77. The molecule has 4 aromatic rings. The molecule has 2 aromatic carbocycles. The molecule has 2 aromatic heterocycles. The summed E-state index contributed by atoms with van der Waals surface area (Å²) < 4.78 is 26.1. The van der Waals surface area contributed by atoms with E-state index in [1.165, 1.54) is 16.9 Å². The molecule has 1 N–H and O–H groups in total. The highest BCUT2D eigenvalue weighted by atomic mass is 19.1. The van der Waals surface area contributed by atoms with E-state index in [1.54, 1.807) is 49.4 Å². The number of fused-ring (bicyclic) bond motifs is 2. The van der Waals surface area contributed by atoms with Crippen LogP contribution in [0, 0.1) is 5.82 Å². The fourth-order valence-corrected chi connectivity index (χ4v) is 3.19. The Morgan fingerprint density at radius 2 is 2.00 bits per heavy atom. The van der Waals surface area contributed by atoms with E-state index in [2.05, 4.69) is 20.4 Å². The maximum absolute atomic E-state index is 14.0. The lowest BCUT2D eigenvalue weighted by molar-refractivity contribution is 0.0938. The summed E-state index contributed by atoms with van der Waals surface area (Å²) >= 11 is 0. The van der Waals surface area contributed by atoms with Gasteiger partial charge in [-0.2, -0.15) is 0 Å². The highest BCUT2D eigenvalue weighted by molar-refractivity contribution is 5.95. The molecule has 9 heteroatoms. The minimum atomic E-state index is -0.459. The molecule has 0 saturated heterocycles. The second kappa shape index (κ2) is 7.11. The zero-order chi connectivity index (χ0) is 20.7. The smallest absolute Gasteiger partial charge is 0.252 e. The first-order chi connectivity index (χ1) is 14.6. The normalized spacial score (nSPS) is 13.4. The van der Waals surface area contributed by atoms with Gasteiger partial charge in [-0.05, 0) is 37.3 Å². The van der Waals surface area contributed by atoms with Gasteiger partial charge in [0.15, 0.2) is 23.0 Å². The predicted molar refractivity (Wildman–Crippen MR) is 105 cm³/mol. The topological polar surface area (TPSA) is 90.6 Å². The number of carbonyl (C=O) groups is 1. The fourth-order valence-electron chi connectivity index (χ4n) is 3.19. The molecular weight excluding hydrogens is 389 g/mol. The van der Waals surface area contributed by atoms with Gasteiger partial charge in [0.2, 0.25) is 6.79 Å². The second-order valence-corrected chi connectivity index (χ2v) is 6.79. The van der Waals surface area contributed by atoms with Crippen molar-refractivity contribution in [3.05, 3.63) is 72.1 Å². The van der Waals surface area contributed by atoms with Gasteiger partial charge in [-0.15, -0.1) is 5.10 Å². The lowest BCUT2D eigenvalue weighted by Crippen LogP contribution is -2.27. The number of hydrogen-bond donors (Lipinski definition) is 1. The Morgan fingerprint density at radius 3 is 2.87 bits per heavy atom. The zero-order valence-electron chi connectivity index (χ0n) is 15.9. The maximum atomic E-state index is 14.0. The molecule has 0 bridgehead atoms. The van der Waals surface area contributed by atoms with Crippen molar-refractivity contribution in [1.29, 1.82) is 0 Å². The molecular formula is C21H16FN5O3. The lowest BCUT2D eigenvalue weighted by Gasteiger charge is -2.10. The summed E-state index contributed by atoms with van der Waals surface area (Å²) in [6.45, 7) is 1.93. The Hall–Kier alpha value is -4.01. The van der Waals surface area contributed by atoms with Crippen LogP contribution in [-0.2, 0) is 0 Å². The third-order valence-corrected chi connectivity index (χ3v) is 4.77. The SMILES string of the molecule is C[C@H](NC(=O)c1ccc2c(c1)OCO2)c1nc2cc(-c3ccccc3F)ncn2n1. The van der Waals surface area contributed by atoms with Crippen LogP contribution in [0.3, 0.4) is 0 Å². The van der Waals surface area contributed by atoms with E-state index in [-0.39, 0.29) is 18.5 Å². The number of carbonyl (C=O) groups excluding carboxylic acids is 1. The molecule has 0 unspecified atom stereocenters. The van der Waals surface area contributed by atoms with Crippen molar-refractivity contribution in [3.8, 4) is 22.8 Å². The predicted octanol–water partition coefficient (Wildman–Crippen LogP) is 3.15. The Bertz CT molecular complexity index is 1270. The van der Waals surface area contributed by atoms with Crippen molar-refractivity contribution in [1.82, 2.24) is 24.9 Å². The summed E-state index contributed by atoms with van der Waals surface area (Å²) in [7, 11) is 0. The molecule has 5 rings (SSSR count). The van der Waals surface area contributed by atoms with Crippen LogP contribution in [0.1, 0.15) is 29.1 Å². The van der Waals surface area contributed by atoms with Gasteiger partial charge in [-0.3, -0.25) is 4.79 Å². The van der Waals surface area contributed by atoms with E-state index >= 15 is 0 Å². The largest absolute Gasteiger partial charge is 0.454 e. The summed E-state index contributed by atoms with van der Waals surface area (Å²) in [6, 6.07) is 12.6. The van der Waals surface area contributed by atoms with E-state index < -0.39 is 6.04 Å².